The lowest BCUT2D eigenvalue weighted by atomic mass is 9.87. The van der Waals surface area contributed by atoms with Crippen molar-refractivity contribution in [1.29, 1.82) is 0 Å². The van der Waals surface area contributed by atoms with Gasteiger partial charge >= 0.3 is 0 Å². The number of para-hydroxylation sites is 1. The van der Waals surface area contributed by atoms with Crippen LogP contribution in [-0.4, -0.2) is 33.2 Å². The summed E-state index contributed by atoms with van der Waals surface area (Å²) >= 11 is 0. The number of nitrogens with two attached hydrogens (primary N) is 1. The molecule has 0 aliphatic heterocycles. The molecule has 1 aromatic heterocycles. The Labute approximate surface area is 146 Å². The van der Waals surface area contributed by atoms with Crippen LogP contribution in [-0.2, 0) is 4.79 Å². The highest BCUT2D eigenvalue weighted by molar-refractivity contribution is 5.99. The first-order valence-electron chi connectivity index (χ1n) is 8.39. The summed E-state index contributed by atoms with van der Waals surface area (Å²) in [6.45, 7) is 4.00. The predicted octanol–water partition coefficient (Wildman–Crippen LogP) is 1.97. The van der Waals surface area contributed by atoms with Crippen molar-refractivity contribution in [2.24, 2.45) is 16.6 Å². The molecule has 1 aliphatic rings. The van der Waals surface area contributed by atoms with Crippen LogP contribution in [0.3, 0.4) is 0 Å². The van der Waals surface area contributed by atoms with Crippen LogP contribution in [0.25, 0.3) is 11.0 Å². The van der Waals surface area contributed by atoms with Gasteiger partial charge in [0.05, 0.1) is 5.52 Å². The van der Waals surface area contributed by atoms with Crippen molar-refractivity contribution < 1.29 is 4.79 Å². The molecule has 1 saturated carbocycles. The van der Waals surface area contributed by atoms with E-state index in [1.807, 2.05) is 24.3 Å². The number of carbonyl (C=O) groups excluding carboxylic acids is 1. The Hall–Kier alpha value is -2.96. The minimum absolute atomic E-state index is 0.187. The molecule has 3 rings (SSSR count). The third-order valence-electron chi connectivity index (χ3n) is 4.40. The maximum absolute atomic E-state index is 10.8. The van der Waals surface area contributed by atoms with Gasteiger partial charge < -0.3 is 15.8 Å². The van der Waals surface area contributed by atoms with Crippen molar-refractivity contribution in [3.8, 4) is 0 Å². The van der Waals surface area contributed by atoms with Gasteiger partial charge in [-0.3, -0.25) is 0 Å². The Morgan fingerprint density at radius 1 is 1.32 bits per heavy atom. The summed E-state index contributed by atoms with van der Waals surface area (Å²) < 4.78 is 1.63. The number of fused-ring (bicyclic) bond motifs is 1. The van der Waals surface area contributed by atoms with Gasteiger partial charge in [0.25, 0.3) is 0 Å². The number of aromatic nitrogens is 3. The molecule has 0 bridgehead atoms. The number of hydrogen-bond acceptors (Lipinski definition) is 6. The fourth-order valence-corrected chi connectivity index (χ4v) is 3.09. The lowest BCUT2D eigenvalue weighted by molar-refractivity contribution is -0.111. The molecule has 1 aromatic carbocycles. The van der Waals surface area contributed by atoms with E-state index in [9.17, 15) is 4.79 Å². The van der Waals surface area contributed by atoms with E-state index in [0.29, 0.717) is 11.7 Å². The fraction of sp³-hybridized carbons (Fsp3) is 0.333. The summed E-state index contributed by atoms with van der Waals surface area (Å²) in [5.41, 5.74) is 7.19. The number of hydrogen-bond donors (Lipinski definition) is 2. The zero-order valence-corrected chi connectivity index (χ0v) is 14.0. The maximum atomic E-state index is 10.8. The summed E-state index contributed by atoms with van der Waals surface area (Å²) in [4.78, 5) is 15.4. The highest BCUT2D eigenvalue weighted by Gasteiger charge is 2.20. The molecule has 0 spiro atoms. The topological polar surface area (TPSA) is 98.2 Å². The molecule has 1 aliphatic carbocycles. The van der Waals surface area contributed by atoms with Gasteiger partial charge in [0.2, 0.25) is 0 Å². The molecule has 0 unspecified atom stereocenters. The van der Waals surface area contributed by atoms with E-state index < -0.39 is 0 Å². The number of nitrogens with one attached hydrogen (secondary N) is 1. The van der Waals surface area contributed by atoms with E-state index in [-0.39, 0.29) is 12.0 Å². The number of allylic oxidation sites excluding steroid dienone is 1. The van der Waals surface area contributed by atoms with Crippen molar-refractivity contribution in [2.45, 2.75) is 31.7 Å². The van der Waals surface area contributed by atoms with Crippen LogP contribution < -0.4 is 11.1 Å². The molecule has 0 saturated heterocycles. The van der Waals surface area contributed by atoms with Gasteiger partial charge in [0, 0.05) is 12.0 Å². The van der Waals surface area contributed by atoms with E-state index in [0.717, 1.165) is 43.0 Å². The highest BCUT2D eigenvalue weighted by Crippen LogP contribution is 2.23. The standard InChI is InChI=1S/C18H22N6O/c1-13(20-15-8-6-14(12-25)7-9-15)21-18(10-11-19)24-17-5-3-2-4-16(17)22-23-24/h2-5,10-12,14-15,20H,1,6-9,19H2/b11-10-,21-18+. The molecule has 130 valence electrons. The van der Waals surface area contributed by atoms with Gasteiger partial charge in [-0.2, -0.15) is 4.68 Å². The van der Waals surface area contributed by atoms with Gasteiger partial charge in [-0.1, -0.05) is 23.9 Å². The minimum atomic E-state index is 0.187. The summed E-state index contributed by atoms with van der Waals surface area (Å²) in [6.07, 6.45) is 7.82. The third kappa shape index (κ3) is 3.93. The molecule has 7 nitrogen and oxygen atoms in total. The molecular weight excluding hydrogens is 316 g/mol. The van der Waals surface area contributed by atoms with Crippen LogP contribution in [0.2, 0.25) is 0 Å². The molecule has 0 atom stereocenters. The van der Waals surface area contributed by atoms with Crippen LogP contribution in [0.1, 0.15) is 25.7 Å². The smallest absolute Gasteiger partial charge is 0.159 e. The summed E-state index contributed by atoms with van der Waals surface area (Å²) in [5.74, 6) is 1.27. The van der Waals surface area contributed by atoms with Crippen molar-refractivity contribution in [2.75, 3.05) is 0 Å². The summed E-state index contributed by atoms with van der Waals surface area (Å²) in [5, 5.41) is 11.6. The average molecular weight is 338 g/mol. The molecule has 7 heteroatoms. The minimum Gasteiger partial charge on any atom is -0.404 e. The number of nitrogens with zero attached hydrogens (tertiary/aromatic N) is 4. The molecule has 25 heavy (non-hydrogen) atoms. The van der Waals surface area contributed by atoms with Crippen LogP contribution in [0.4, 0.5) is 0 Å². The maximum Gasteiger partial charge on any atom is 0.159 e. The number of aldehydes is 1. The van der Waals surface area contributed by atoms with Gasteiger partial charge in [-0.15, -0.1) is 5.10 Å². The zero-order valence-electron chi connectivity index (χ0n) is 14.0. The molecule has 3 N–H and O–H groups in total. The van der Waals surface area contributed by atoms with E-state index in [1.54, 1.807) is 10.8 Å². The van der Waals surface area contributed by atoms with E-state index in [4.69, 9.17) is 5.73 Å². The third-order valence-corrected chi connectivity index (χ3v) is 4.40. The fourth-order valence-electron chi connectivity index (χ4n) is 3.09. The normalized spacial score (nSPS) is 21.5. The highest BCUT2D eigenvalue weighted by atomic mass is 16.1. The number of benzene rings is 1. The molecule has 1 heterocycles. The Morgan fingerprint density at radius 2 is 2.08 bits per heavy atom. The second-order valence-electron chi connectivity index (χ2n) is 6.16. The van der Waals surface area contributed by atoms with Crippen LogP contribution >= 0.6 is 0 Å². The van der Waals surface area contributed by atoms with Crippen molar-refractivity contribution in [3.05, 3.63) is 48.9 Å². The molecular formula is C18H22N6O. The number of carbonyl (C=O) groups is 1. The van der Waals surface area contributed by atoms with Crippen molar-refractivity contribution in [1.82, 2.24) is 20.3 Å². The van der Waals surface area contributed by atoms with Gasteiger partial charge in [-0.05, 0) is 50.1 Å². The lowest BCUT2D eigenvalue weighted by Crippen LogP contribution is -2.32. The molecule has 1 fully saturated rings. The first-order chi connectivity index (χ1) is 12.2. The Kier molecular flexibility index (Phi) is 5.23. The van der Waals surface area contributed by atoms with Crippen LogP contribution in [0, 0.1) is 5.92 Å². The average Bonchev–Trinajstić information content (AvgIpc) is 3.06. The number of rotatable bonds is 5. The van der Waals surface area contributed by atoms with Crippen molar-refractivity contribution in [3.63, 3.8) is 0 Å². The molecule has 0 amide bonds. The Balaban J connectivity index is 1.76. The summed E-state index contributed by atoms with van der Waals surface area (Å²) in [6, 6.07) is 7.92. The second kappa shape index (κ2) is 7.74. The van der Waals surface area contributed by atoms with E-state index >= 15 is 0 Å². The molecule has 0 radical (unpaired) electrons. The van der Waals surface area contributed by atoms with Gasteiger partial charge in [0.1, 0.15) is 17.6 Å². The Morgan fingerprint density at radius 3 is 2.80 bits per heavy atom. The lowest BCUT2D eigenvalue weighted by Gasteiger charge is -2.26. The van der Waals surface area contributed by atoms with E-state index in [2.05, 4.69) is 27.2 Å². The predicted molar refractivity (Wildman–Crippen MR) is 97.8 cm³/mol. The van der Waals surface area contributed by atoms with Crippen LogP contribution in [0.5, 0.6) is 0 Å². The van der Waals surface area contributed by atoms with Gasteiger partial charge in [-0.25, -0.2) is 4.99 Å². The van der Waals surface area contributed by atoms with Crippen molar-refractivity contribution >= 4 is 23.2 Å². The van der Waals surface area contributed by atoms with Gasteiger partial charge in [0.15, 0.2) is 5.84 Å². The zero-order chi connectivity index (χ0) is 17.6. The largest absolute Gasteiger partial charge is 0.404 e. The number of aliphatic imine (C=N–C) groups is 1. The van der Waals surface area contributed by atoms with Crippen LogP contribution in [0.15, 0.2) is 53.9 Å². The Bertz CT molecular complexity index is 814. The second-order valence-corrected chi connectivity index (χ2v) is 6.16. The van der Waals surface area contributed by atoms with E-state index in [1.165, 1.54) is 6.20 Å². The first kappa shape index (κ1) is 16.9. The molecule has 2 aromatic rings. The first-order valence-corrected chi connectivity index (χ1v) is 8.39. The monoisotopic (exact) mass is 338 g/mol. The summed E-state index contributed by atoms with van der Waals surface area (Å²) in [7, 11) is 0. The SMILES string of the molecule is C=C(/N=C(\C=C/N)n1nnc2ccccc21)NC1CCC(C=O)CC1. The quantitative estimate of drug-likeness (QED) is 0.493.